The molecule has 0 saturated carbocycles. The molecule has 2 N–H and O–H groups in total. The number of amides is 1. The lowest BCUT2D eigenvalue weighted by molar-refractivity contribution is -0.121. The Kier molecular flexibility index (Phi) is 3.21. The van der Waals surface area contributed by atoms with Crippen molar-refractivity contribution in [2.24, 2.45) is 0 Å². The van der Waals surface area contributed by atoms with Crippen LogP contribution in [0.2, 0.25) is 0 Å². The van der Waals surface area contributed by atoms with Gasteiger partial charge in [0.25, 0.3) is 0 Å². The van der Waals surface area contributed by atoms with Gasteiger partial charge >= 0.3 is 0 Å². The lowest BCUT2D eigenvalue weighted by Gasteiger charge is -2.11. The van der Waals surface area contributed by atoms with Gasteiger partial charge in [0.2, 0.25) is 5.91 Å². The summed E-state index contributed by atoms with van der Waals surface area (Å²) in [6.07, 6.45) is 0.754. The number of para-hydroxylation sites is 1. The van der Waals surface area contributed by atoms with Crippen LogP contribution in [0.1, 0.15) is 16.1 Å². The van der Waals surface area contributed by atoms with E-state index in [0.29, 0.717) is 6.54 Å². The molecule has 1 aromatic carbocycles. The van der Waals surface area contributed by atoms with Crippen LogP contribution in [-0.2, 0) is 17.8 Å². The molecule has 98 valence electrons. The number of anilines is 1. The van der Waals surface area contributed by atoms with Gasteiger partial charge in [-0.05, 0) is 18.6 Å². The van der Waals surface area contributed by atoms with Crippen LogP contribution in [0, 0.1) is 6.92 Å². The van der Waals surface area contributed by atoms with Crippen LogP contribution in [-0.4, -0.2) is 16.9 Å². The van der Waals surface area contributed by atoms with E-state index in [2.05, 4.69) is 21.7 Å². The van der Waals surface area contributed by atoms with Crippen molar-refractivity contribution in [3.05, 3.63) is 45.9 Å². The topological polar surface area (TPSA) is 54.0 Å². The highest BCUT2D eigenvalue weighted by Gasteiger charge is 2.26. The van der Waals surface area contributed by atoms with Gasteiger partial charge in [-0.3, -0.25) is 4.79 Å². The summed E-state index contributed by atoms with van der Waals surface area (Å²) in [5, 5.41) is 6.23. The highest BCUT2D eigenvalue weighted by atomic mass is 32.1. The first-order valence-corrected chi connectivity index (χ1v) is 7.13. The Labute approximate surface area is 115 Å². The Morgan fingerprint density at radius 3 is 3.11 bits per heavy atom. The van der Waals surface area contributed by atoms with E-state index in [1.54, 1.807) is 16.8 Å². The highest BCUT2D eigenvalue weighted by molar-refractivity contribution is 7.09. The van der Waals surface area contributed by atoms with E-state index in [4.69, 9.17) is 0 Å². The number of carbonyl (C=O) groups excluding carboxylic acids is 1. The fraction of sp³-hybridized carbons (Fsp3) is 0.286. The third kappa shape index (κ3) is 2.46. The first kappa shape index (κ1) is 12.2. The normalized spacial score (nSPS) is 16.8. The first-order valence-electron chi connectivity index (χ1n) is 6.25. The molecule has 3 rings (SSSR count). The standard InChI is InChI=1S/C14H15N3OS/c1-9-13(19-8-16-9)7-15-14(18)12-6-10-4-2-3-5-11(10)17-12/h2-5,8,12,17H,6-7H2,1H3,(H,15,18)/t12-/m0/s1. The predicted octanol–water partition coefficient (Wildman–Crippen LogP) is 2.10. The zero-order valence-electron chi connectivity index (χ0n) is 10.6. The molecule has 0 unspecified atom stereocenters. The SMILES string of the molecule is Cc1ncsc1CNC(=O)[C@@H]1Cc2ccccc2N1. The Morgan fingerprint density at radius 2 is 2.37 bits per heavy atom. The van der Waals surface area contributed by atoms with Crippen molar-refractivity contribution < 1.29 is 4.79 Å². The lowest BCUT2D eigenvalue weighted by atomic mass is 10.1. The number of thiazole rings is 1. The smallest absolute Gasteiger partial charge is 0.243 e. The van der Waals surface area contributed by atoms with Crippen LogP contribution < -0.4 is 10.6 Å². The fourth-order valence-electron chi connectivity index (χ4n) is 2.24. The first-order chi connectivity index (χ1) is 9.24. The van der Waals surface area contributed by atoms with E-state index >= 15 is 0 Å². The summed E-state index contributed by atoms with van der Waals surface area (Å²) >= 11 is 1.58. The third-order valence-electron chi connectivity index (χ3n) is 3.36. The average molecular weight is 273 g/mol. The Morgan fingerprint density at radius 1 is 1.53 bits per heavy atom. The van der Waals surface area contributed by atoms with Crippen LogP contribution in [0.4, 0.5) is 5.69 Å². The van der Waals surface area contributed by atoms with Gasteiger partial charge < -0.3 is 10.6 Å². The Bertz CT molecular complexity index is 583. The summed E-state index contributed by atoms with van der Waals surface area (Å²) < 4.78 is 0. The summed E-state index contributed by atoms with van der Waals surface area (Å²) in [5.74, 6) is 0.0454. The van der Waals surface area contributed by atoms with E-state index in [1.807, 2.05) is 25.1 Å². The maximum atomic E-state index is 12.1. The van der Waals surface area contributed by atoms with Crippen LogP contribution in [0.15, 0.2) is 29.8 Å². The van der Waals surface area contributed by atoms with Gasteiger partial charge in [-0.2, -0.15) is 0 Å². The monoisotopic (exact) mass is 273 g/mol. The molecular weight excluding hydrogens is 258 g/mol. The maximum Gasteiger partial charge on any atom is 0.243 e. The zero-order valence-corrected chi connectivity index (χ0v) is 11.5. The predicted molar refractivity (Wildman–Crippen MR) is 76.3 cm³/mol. The van der Waals surface area contributed by atoms with E-state index in [1.165, 1.54) is 5.56 Å². The van der Waals surface area contributed by atoms with Crippen molar-refractivity contribution in [2.75, 3.05) is 5.32 Å². The van der Waals surface area contributed by atoms with Gasteiger partial charge in [0.05, 0.1) is 17.7 Å². The summed E-state index contributed by atoms with van der Waals surface area (Å²) in [7, 11) is 0. The van der Waals surface area contributed by atoms with Crippen molar-refractivity contribution in [3.8, 4) is 0 Å². The molecule has 1 aliphatic heterocycles. The second-order valence-corrected chi connectivity index (χ2v) is 5.58. The summed E-state index contributed by atoms with van der Waals surface area (Å²) in [6, 6.07) is 7.89. The molecule has 0 fully saturated rings. The number of aryl methyl sites for hydroxylation is 1. The molecule has 1 aliphatic rings. The van der Waals surface area contributed by atoms with E-state index in [9.17, 15) is 4.79 Å². The largest absolute Gasteiger partial charge is 0.373 e. The van der Waals surface area contributed by atoms with Gasteiger partial charge in [-0.25, -0.2) is 4.98 Å². The molecule has 2 heterocycles. The molecule has 0 bridgehead atoms. The van der Waals surface area contributed by atoms with Crippen molar-refractivity contribution in [3.63, 3.8) is 0 Å². The van der Waals surface area contributed by atoms with Gasteiger partial charge in [-0.1, -0.05) is 18.2 Å². The van der Waals surface area contributed by atoms with Gasteiger partial charge in [0.15, 0.2) is 0 Å². The Hall–Kier alpha value is -1.88. The average Bonchev–Trinajstić information content (AvgIpc) is 3.01. The van der Waals surface area contributed by atoms with Gasteiger partial charge in [-0.15, -0.1) is 11.3 Å². The highest BCUT2D eigenvalue weighted by Crippen LogP contribution is 2.25. The van der Waals surface area contributed by atoms with Gasteiger partial charge in [0.1, 0.15) is 6.04 Å². The summed E-state index contributed by atoms with van der Waals surface area (Å²) in [5.41, 5.74) is 5.07. The van der Waals surface area contributed by atoms with Crippen molar-refractivity contribution in [1.82, 2.24) is 10.3 Å². The van der Waals surface area contributed by atoms with Crippen LogP contribution in [0.25, 0.3) is 0 Å². The minimum atomic E-state index is -0.161. The number of nitrogens with zero attached hydrogens (tertiary/aromatic N) is 1. The third-order valence-corrected chi connectivity index (χ3v) is 4.29. The second-order valence-electron chi connectivity index (χ2n) is 4.64. The maximum absolute atomic E-state index is 12.1. The summed E-state index contributed by atoms with van der Waals surface area (Å²) in [4.78, 5) is 17.4. The molecule has 1 aromatic heterocycles. The van der Waals surface area contributed by atoms with Crippen LogP contribution in [0.3, 0.4) is 0 Å². The number of aromatic nitrogens is 1. The minimum absolute atomic E-state index is 0.0454. The lowest BCUT2D eigenvalue weighted by Crippen LogP contribution is -2.37. The van der Waals surface area contributed by atoms with Crippen LogP contribution in [0.5, 0.6) is 0 Å². The van der Waals surface area contributed by atoms with Gasteiger partial charge in [0, 0.05) is 17.0 Å². The number of fused-ring (bicyclic) bond motifs is 1. The molecule has 0 radical (unpaired) electrons. The minimum Gasteiger partial charge on any atom is -0.373 e. The molecule has 5 heteroatoms. The number of benzene rings is 1. The number of carbonyl (C=O) groups is 1. The molecule has 0 aliphatic carbocycles. The number of rotatable bonds is 3. The number of hydrogen-bond acceptors (Lipinski definition) is 4. The number of nitrogens with one attached hydrogen (secondary N) is 2. The van der Waals surface area contributed by atoms with E-state index in [-0.39, 0.29) is 11.9 Å². The molecule has 2 aromatic rings. The van der Waals surface area contributed by atoms with Crippen molar-refractivity contribution in [2.45, 2.75) is 25.9 Å². The van der Waals surface area contributed by atoms with Crippen molar-refractivity contribution in [1.29, 1.82) is 0 Å². The van der Waals surface area contributed by atoms with Crippen molar-refractivity contribution >= 4 is 22.9 Å². The van der Waals surface area contributed by atoms with Crippen LogP contribution >= 0.6 is 11.3 Å². The molecule has 19 heavy (non-hydrogen) atoms. The number of hydrogen-bond donors (Lipinski definition) is 2. The fourth-order valence-corrected chi connectivity index (χ4v) is 2.96. The molecule has 4 nitrogen and oxygen atoms in total. The molecule has 1 amide bonds. The van der Waals surface area contributed by atoms with E-state index in [0.717, 1.165) is 22.7 Å². The van der Waals surface area contributed by atoms with E-state index < -0.39 is 0 Å². The Balaban J connectivity index is 1.60. The molecule has 0 saturated heterocycles. The second kappa shape index (κ2) is 5.01. The molecule has 0 spiro atoms. The zero-order chi connectivity index (χ0) is 13.2. The summed E-state index contributed by atoms with van der Waals surface area (Å²) in [6.45, 7) is 2.52. The molecular formula is C14H15N3OS. The molecule has 1 atom stereocenters. The quantitative estimate of drug-likeness (QED) is 0.900.